The highest BCUT2D eigenvalue weighted by Crippen LogP contribution is 2.20. The van der Waals surface area contributed by atoms with E-state index < -0.39 is 0 Å². The molecule has 0 aromatic heterocycles. The van der Waals surface area contributed by atoms with Crippen LogP contribution in [0, 0.1) is 6.92 Å². The van der Waals surface area contributed by atoms with Crippen molar-refractivity contribution in [3.8, 4) is 5.75 Å². The average molecular weight is 367 g/mol. The Morgan fingerprint density at radius 2 is 1.81 bits per heavy atom. The van der Waals surface area contributed by atoms with Crippen molar-refractivity contribution < 1.29 is 9.53 Å². The summed E-state index contributed by atoms with van der Waals surface area (Å²) in [7, 11) is 0. The first-order chi connectivity index (χ1) is 13.2. The molecule has 1 saturated heterocycles. The summed E-state index contributed by atoms with van der Waals surface area (Å²) in [4.78, 5) is 15.1. The van der Waals surface area contributed by atoms with Gasteiger partial charge in [0.15, 0.2) is 0 Å². The highest BCUT2D eigenvalue weighted by molar-refractivity contribution is 5.94. The smallest absolute Gasteiger partial charge is 0.251 e. The van der Waals surface area contributed by atoms with E-state index in [9.17, 15) is 4.79 Å². The Balaban J connectivity index is 1.62. The second kappa shape index (κ2) is 9.56. The van der Waals surface area contributed by atoms with Crippen LogP contribution in [0.1, 0.15) is 53.2 Å². The Morgan fingerprint density at radius 1 is 1.07 bits per heavy atom. The molecule has 144 valence electrons. The summed E-state index contributed by atoms with van der Waals surface area (Å²) >= 11 is 0. The van der Waals surface area contributed by atoms with Gasteiger partial charge in [-0.2, -0.15) is 0 Å². The first-order valence-electron chi connectivity index (χ1n) is 9.98. The molecule has 0 aliphatic carbocycles. The molecular formula is C23H30N2O2. The van der Waals surface area contributed by atoms with Gasteiger partial charge >= 0.3 is 0 Å². The van der Waals surface area contributed by atoms with Crippen LogP contribution in [-0.2, 0) is 13.1 Å². The summed E-state index contributed by atoms with van der Waals surface area (Å²) in [5, 5.41) is 3.07. The second-order valence-corrected chi connectivity index (χ2v) is 7.20. The number of likely N-dealkylation sites (tertiary alicyclic amines) is 1. The molecule has 3 rings (SSSR count). The molecule has 1 heterocycles. The normalized spacial score (nSPS) is 14.7. The predicted molar refractivity (Wildman–Crippen MR) is 109 cm³/mol. The van der Waals surface area contributed by atoms with Crippen molar-refractivity contribution in [3.63, 3.8) is 0 Å². The van der Waals surface area contributed by atoms with Crippen LogP contribution >= 0.6 is 0 Å². The van der Waals surface area contributed by atoms with Gasteiger partial charge in [0.2, 0.25) is 0 Å². The number of amides is 1. The lowest BCUT2D eigenvalue weighted by Crippen LogP contribution is -2.30. The van der Waals surface area contributed by atoms with Crippen LogP contribution in [0.2, 0.25) is 0 Å². The number of nitrogens with zero attached hydrogens (tertiary/aromatic N) is 1. The van der Waals surface area contributed by atoms with E-state index in [0.717, 1.165) is 17.9 Å². The van der Waals surface area contributed by atoms with Crippen LogP contribution in [0.3, 0.4) is 0 Å². The molecular weight excluding hydrogens is 336 g/mol. The maximum atomic E-state index is 12.6. The first kappa shape index (κ1) is 19.4. The molecule has 4 heteroatoms. The largest absolute Gasteiger partial charge is 0.494 e. The minimum Gasteiger partial charge on any atom is -0.494 e. The summed E-state index contributed by atoms with van der Waals surface area (Å²) in [6.45, 7) is 8.42. The van der Waals surface area contributed by atoms with Crippen molar-refractivity contribution in [2.45, 2.75) is 46.2 Å². The zero-order valence-corrected chi connectivity index (χ0v) is 16.5. The third-order valence-electron chi connectivity index (χ3n) is 5.14. The number of rotatable bonds is 7. The van der Waals surface area contributed by atoms with Crippen LogP contribution in [0.4, 0.5) is 0 Å². The third kappa shape index (κ3) is 5.33. The molecule has 1 N–H and O–H groups in total. The van der Waals surface area contributed by atoms with Crippen LogP contribution in [0.5, 0.6) is 5.75 Å². The number of carbonyl (C=O) groups excluding carboxylic acids is 1. The molecule has 4 nitrogen and oxygen atoms in total. The molecule has 0 bridgehead atoms. The number of aryl methyl sites for hydroxylation is 1. The number of hydrogen-bond acceptors (Lipinski definition) is 3. The van der Waals surface area contributed by atoms with E-state index in [2.05, 4.69) is 28.4 Å². The number of carbonyl (C=O) groups is 1. The number of ether oxygens (including phenoxy) is 1. The average Bonchev–Trinajstić information content (AvgIpc) is 2.69. The molecule has 1 aliphatic heterocycles. The third-order valence-corrected chi connectivity index (χ3v) is 5.14. The SMILES string of the molecule is CCOc1ccc(C(=O)NCc2ccccc2CN2CCCCC2)cc1C. The zero-order chi connectivity index (χ0) is 19.1. The minimum absolute atomic E-state index is 0.0473. The quantitative estimate of drug-likeness (QED) is 0.794. The van der Waals surface area contributed by atoms with Crippen LogP contribution < -0.4 is 10.1 Å². The summed E-state index contributed by atoms with van der Waals surface area (Å²) < 4.78 is 5.55. The van der Waals surface area contributed by atoms with Crippen LogP contribution in [0.15, 0.2) is 42.5 Å². The topological polar surface area (TPSA) is 41.6 Å². The van der Waals surface area contributed by atoms with Gasteiger partial charge < -0.3 is 10.1 Å². The number of nitrogens with one attached hydrogen (secondary N) is 1. The van der Waals surface area contributed by atoms with E-state index in [0.29, 0.717) is 18.7 Å². The Labute approximate surface area is 162 Å². The number of hydrogen-bond donors (Lipinski definition) is 1. The highest BCUT2D eigenvalue weighted by Gasteiger charge is 2.13. The van der Waals surface area contributed by atoms with E-state index in [1.165, 1.54) is 43.5 Å². The molecule has 0 unspecified atom stereocenters. The molecule has 0 spiro atoms. The zero-order valence-electron chi connectivity index (χ0n) is 16.5. The van der Waals surface area contributed by atoms with E-state index in [-0.39, 0.29) is 5.91 Å². The molecule has 2 aromatic carbocycles. The maximum Gasteiger partial charge on any atom is 0.251 e. The fourth-order valence-corrected chi connectivity index (χ4v) is 3.63. The van der Waals surface area contributed by atoms with Crippen LogP contribution in [0.25, 0.3) is 0 Å². The van der Waals surface area contributed by atoms with Crippen molar-refractivity contribution in [1.82, 2.24) is 10.2 Å². The van der Waals surface area contributed by atoms with E-state index in [1.807, 2.05) is 38.1 Å². The predicted octanol–water partition coefficient (Wildman–Crippen LogP) is 4.31. The summed E-state index contributed by atoms with van der Waals surface area (Å²) in [5.74, 6) is 0.787. The highest BCUT2D eigenvalue weighted by atomic mass is 16.5. The molecule has 2 aromatic rings. The van der Waals surface area contributed by atoms with Gasteiger partial charge in [0.25, 0.3) is 5.91 Å². The fraction of sp³-hybridized carbons (Fsp3) is 0.435. The Hall–Kier alpha value is -2.33. The van der Waals surface area contributed by atoms with Gasteiger partial charge in [0.1, 0.15) is 5.75 Å². The van der Waals surface area contributed by atoms with E-state index in [4.69, 9.17) is 4.74 Å². The molecule has 1 amide bonds. The summed E-state index contributed by atoms with van der Waals surface area (Å²) in [6.07, 6.45) is 3.92. The maximum absolute atomic E-state index is 12.6. The number of piperidine rings is 1. The van der Waals surface area contributed by atoms with Crippen molar-refractivity contribution in [3.05, 3.63) is 64.7 Å². The summed E-state index contributed by atoms with van der Waals surface area (Å²) in [5.41, 5.74) is 4.15. The minimum atomic E-state index is -0.0473. The Morgan fingerprint density at radius 3 is 2.52 bits per heavy atom. The summed E-state index contributed by atoms with van der Waals surface area (Å²) in [6, 6.07) is 14.0. The molecule has 0 radical (unpaired) electrons. The van der Waals surface area contributed by atoms with Crippen LogP contribution in [-0.4, -0.2) is 30.5 Å². The van der Waals surface area contributed by atoms with Crippen molar-refractivity contribution in [1.29, 1.82) is 0 Å². The van der Waals surface area contributed by atoms with E-state index in [1.54, 1.807) is 0 Å². The van der Waals surface area contributed by atoms with Gasteiger partial charge in [0, 0.05) is 18.7 Å². The van der Waals surface area contributed by atoms with Gasteiger partial charge in [-0.05, 0) is 74.7 Å². The molecule has 1 fully saturated rings. The molecule has 0 saturated carbocycles. The number of benzene rings is 2. The van der Waals surface area contributed by atoms with E-state index >= 15 is 0 Å². The lowest BCUT2D eigenvalue weighted by molar-refractivity contribution is 0.0950. The second-order valence-electron chi connectivity index (χ2n) is 7.20. The monoisotopic (exact) mass is 366 g/mol. The van der Waals surface area contributed by atoms with Gasteiger partial charge in [-0.25, -0.2) is 0 Å². The molecule has 1 aliphatic rings. The van der Waals surface area contributed by atoms with Gasteiger partial charge in [-0.3, -0.25) is 9.69 Å². The Kier molecular flexibility index (Phi) is 6.88. The van der Waals surface area contributed by atoms with Gasteiger partial charge in [-0.1, -0.05) is 30.7 Å². The fourth-order valence-electron chi connectivity index (χ4n) is 3.63. The lowest BCUT2D eigenvalue weighted by atomic mass is 10.0. The first-order valence-corrected chi connectivity index (χ1v) is 9.98. The molecule has 27 heavy (non-hydrogen) atoms. The van der Waals surface area contributed by atoms with Gasteiger partial charge in [-0.15, -0.1) is 0 Å². The lowest BCUT2D eigenvalue weighted by Gasteiger charge is -2.27. The molecule has 0 atom stereocenters. The van der Waals surface area contributed by atoms with Gasteiger partial charge in [0.05, 0.1) is 6.61 Å². The Bertz CT molecular complexity index is 767. The van der Waals surface area contributed by atoms with Crippen molar-refractivity contribution in [2.24, 2.45) is 0 Å². The standard InChI is InChI=1S/C23H30N2O2/c1-3-27-22-12-11-19(15-18(22)2)23(26)24-16-20-9-5-6-10-21(20)17-25-13-7-4-8-14-25/h5-6,9-12,15H,3-4,7-8,13-14,16-17H2,1-2H3,(H,24,26). The van der Waals surface area contributed by atoms with Crippen molar-refractivity contribution >= 4 is 5.91 Å². The van der Waals surface area contributed by atoms with Crippen molar-refractivity contribution in [2.75, 3.05) is 19.7 Å².